The molecule has 0 heterocycles. The Morgan fingerprint density at radius 3 is 2.36 bits per heavy atom. The second kappa shape index (κ2) is 5.38. The van der Waals surface area contributed by atoms with Crippen LogP contribution in [0, 0.1) is 11.8 Å². The zero-order valence-corrected chi connectivity index (χ0v) is 9.58. The summed E-state index contributed by atoms with van der Waals surface area (Å²) in [4.78, 5) is 10.8. The van der Waals surface area contributed by atoms with E-state index in [0.717, 1.165) is 24.7 Å². The molecule has 0 spiro atoms. The van der Waals surface area contributed by atoms with Gasteiger partial charge in [0.2, 0.25) is 0 Å². The summed E-state index contributed by atoms with van der Waals surface area (Å²) >= 11 is 0. The zero-order valence-electron chi connectivity index (χ0n) is 9.58. The smallest absolute Gasteiger partial charge is 0.302 e. The molecule has 14 heavy (non-hydrogen) atoms. The first-order chi connectivity index (χ1) is 6.63. The molecule has 0 aromatic heterocycles. The lowest BCUT2D eigenvalue weighted by atomic mass is 9.79. The first-order valence-corrected chi connectivity index (χ1v) is 5.80. The first kappa shape index (κ1) is 11.5. The summed E-state index contributed by atoms with van der Waals surface area (Å²) in [6.45, 7) is 6.08. The van der Waals surface area contributed by atoms with E-state index in [9.17, 15) is 4.79 Å². The van der Waals surface area contributed by atoms with Gasteiger partial charge in [-0.3, -0.25) is 4.79 Å². The fraction of sp³-hybridized carbons (Fsp3) is 0.917. The Morgan fingerprint density at radius 1 is 1.36 bits per heavy atom. The second-order valence-electron chi connectivity index (χ2n) is 4.53. The molecule has 2 nitrogen and oxygen atoms in total. The molecule has 0 aliphatic heterocycles. The summed E-state index contributed by atoms with van der Waals surface area (Å²) in [6.07, 6.45) is 6.05. The highest BCUT2D eigenvalue weighted by atomic mass is 16.5. The zero-order chi connectivity index (χ0) is 10.6. The van der Waals surface area contributed by atoms with Gasteiger partial charge in [-0.25, -0.2) is 0 Å². The van der Waals surface area contributed by atoms with Crippen molar-refractivity contribution in [1.29, 1.82) is 0 Å². The molecule has 0 saturated heterocycles. The predicted molar refractivity (Wildman–Crippen MR) is 57.0 cm³/mol. The third-order valence-electron chi connectivity index (χ3n) is 3.50. The Balaban J connectivity index is 2.27. The van der Waals surface area contributed by atoms with E-state index in [2.05, 4.69) is 13.8 Å². The summed E-state index contributed by atoms with van der Waals surface area (Å²) in [5, 5.41) is 0. The van der Waals surface area contributed by atoms with E-state index in [1.165, 1.54) is 26.2 Å². The minimum Gasteiger partial charge on any atom is -0.463 e. The molecule has 1 aliphatic carbocycles. The molecule has 0 bridgehead atoms. The minimum atomic E-state index is -0.128. The van der Waals surface area contributed by atoms with E-state index in [4.69, 9.17) is 4.74 Å². The van der Waals surface area contributed by atoms with Gasteiger partial charge in [-0.05, 0) is 37.5 Å². The van der Waals surface area contributed by atoms with Crippen molar-refractivity contribution in [2.45, 2.75) is 59.0 Å². The molecule has 0 aromatic rings. The van der Waals surface area contributed by atoms with Crippen LogP contribution in [-0.2, 0) is 9.53 Å². The predicted octanol–water partition coefficient (Wildman–Crippen LogP) is 3.15. The summed E-state index contributed by atoms with van der Waals surface area (Å²) in [5.74, 6) is 1.55. The number of rotatable bonds is 3. The Labute approximate surface area is 87.0 Å². The Hall–Kier alpha value is -0.530. The van der Waals surface area contributed by atoms with Crippen LogP contribution in [0.4, 0.5) is 0 Å². The fourth-order valence-electron chi connectivity index (χ4n) is 2.34. The second-order valence-corrected chi connectivity index (χ2v) is 4.53. The maximum Gasteiger partial charge on any atom is 0.302 e. The number of carbonyl (C=O) groups is 1. The van der Waals surface area contributed by atoms with Gasteiger partial charge in [-0.15, -0.1) is 0 Å². The number of carbonyl (C=O) groups excluding carboxylic acids is 1. The number of hydrogen-bond donors (Lipinski definition) is 0. The maximum atomic E-state index is 10.8. The van der Waals surface area contributed by atoms with E-state index < -0.39 is 0 Å². The summed E-state index contributed by atoms with van der Waals surface area (Å²) in [5.41, 5.74) is 0. The molecule has 1 rings (SSSR count). The third kappa shape index (κ3) is 3.32. The van der Waals surface area contributed by atoms with Crippen LogP contribution >= 0.6 is 0 Å². The molecule has 0 N–H and O–H groups in total. The van der Waals surface area contributed by atoms with Crippen molar-refractivity contribution in [2.24, 2.45) is 11.8 Å². The average Bonchev–Trinajstić information content (AvgIpc) is 2.17. The molecule has 2 heteroatoms. The first-order valence-electron chi connectivity index (χ1n) is 5.80. The van der Waals surface area contributed by atoms with Crippen LogP contribution in [-0.4, -0.2) is 12.1 Å². The summed E-state index contributed by atoms with van der Waals surface area (Å²) in [6, 6.07) is 0. The summed E-state index contributed by atoms with van der Waals surface area (Å²) < 4.78 is 5.21. The highest BCUT2D eigenvalue weighted by Crippen LogP contribution is 2.32. The lowest BCUT2D eigenvalue weighted by Crippen LogP contribution is -2.26. The van der Waals surface area contributed by atoms with Gasteiger partial charge in [0.1, 0.15) is 6.10 Å². The molecular weight excluding hydrogens is 176 g/mol. The summed E-state index contributed by atoms with van der Waals surface area (Å²) in [7, 11) is 0. The van der Waals surface area contributed by atoms with Crippen molar-refractivity contribution in [1.82, 2.24) is 0 Å². The molecule has 82 valence electrons. The minimum absolute atomic E-state index is 0.128. The van der Waals surface area contributed by atoms with Crippen LogP contribution in [0.25, 0.3) is 0 Å². The van der Waals surface area contributed by atoms with Crippen molar-refractivity contribution in [2.75, 3.05) is 0 Å². The van der Waals surface area contributed by atoms with Gasteiger partial charge < -0.3 is 4.74 Å². The van der Waals surface area contributed by atoms with Crippen molar-refractivity contribution in [3.05, 3.63) is 0 Å². The number of hydrogen-bond acceptors (Lipinski definition) is 2. The van der Waals surface area contributed by atoms with Crippen molar-refractivity contribution >= 4 is 5.97 Å². The van der Waals surface area contributed by atoms with Crippen molar-refractivity contribution in [3.8, 4) is 0 Å². The van der Waals surface area contributed by atoms with Crippen molar-refractivity contribution < 1.29 is 9.53 Å². The highest BCUT2D eigenvalue weighted by Gasteiger charge is 2.25. The van der Waals surface area contributed by atoms with Crippen LogP contribution < -0.4 is 0 Å². The standard InChI is InChI=1S/C12H22O2/c1-4-9(2)11-5-7-12(8-6-11)14-10(3)13/h9,11-12H,4-8H2,1-3H3. The van der Waals surface area contributed by atoms with Crippen LogP contribution in [0.2, 0.25) is 0 Å². The Kier molecular flexibility index (Phi) is 4.43. The molecule has 1 unspecified atom stereocenters. The normalized spacial score (nSPS) is 29.6. The molecule has 1 atom stereocenters. The molecule has 1 fully saturated rings. The Bertz CT molecular complexity index is 181. The van der Waals surface area contributed by atoms with Gasteiger partial charge in [0.15, 0.2) is 0 Å². The molecule has 0 amide bonds. The van der Waals surface area contributed by atoms with Gasteiger partial charge in [0.25, 0.3) is 0 Å². The van der Waals surface area contributed by atoms with Crippen LogP contribution in [0.5, 0.6) is 0 Å². The Morgan fingerprint density at radius 2 is 1.93 bits per heavy atom. The molecule has 0 aromatic carbocycles. The maximum absolute atomic E-state index is 10.8. The van der Waals surface area contributed by atoms with Gasteiger partial charge in [-0.2, -0.15) is 0 Å². The van der Waals surface area contributed by atoms with Crippen molar-refractivity contribution in [3.63, 3.8) is 0 Å². The van der Waals surface area contributed by atoms with E-state index in [1.54, 1.807) is 0 Å². The monoisotopic (exact) mass is 198 g/mol. The lowest BCUT2D eigenvalue weighted by molar-refractivity contribution is -0.148. The topological polar surface area (TPSA) is 26.3 Å². The number of ether oxygens (including phenoxy) is 1. The fourth-order valence-corrected chi connectivity index (χ4v) is 2.34. The third-order valence-corrected chi connectivity index (χ3v) is 3.50. The van der Waals surface area contributed by atoms with Gasteiger partial charge in [0.05, 0.1) is 0 Å². The van der Waals surface area contributed by atoms with Gasteiger partial charge in [-0.1, -0.05) is 20.3 Å². The van der Waals surface area contributed by atoms with Crippen LogP contribution in [0.1, 0.15) is 52.9 Å². The molecule has 1 aliphatic rings. The molecular formula is C12H22O2. The largest absolute Gasteiger partial charge is 0.463 e. The lowest BCUT2D eigenvalue weighted by Gasteiger charge is -2.31. The number of esters is 1. The van der Waals surface area contributed by atoms with Crippen LogP contribution in [0.3, 0.4) is 0 Å². The van der Waals surface area contributed by atoms with Gasteiger partial charge >= 0.3 is 5.97 Å². The SMILES string of the molecule is CCC(C)C1CCC(OC(C)=O)CC1. The average molecular weight is 198 g/mol. The van der Waals surface area contributed by atoms with Gasteiger partial charge in [0, 0.05) is 6.92 Å². The van der Waals surface area contributed by atoms with E-state index >= 15 is 0 Å². The molecule has 1 saturated carbocycles. The van der Waals surface area contributed by atoms with E-state index in [-0.39, 0.29) is 12.1 Å². The molecule has 0 radical (unpaired) electrons. The van der Waals surface area contributed by atoms with E-state index in [0.29, 0.717) is 0 Å². The van der Waals surface area contributed by atoms with E-state index in [1.807, 2.05) is 0 Å². The van der Waals surface area contributed by atoms with Crippen LogP contribution in [0.15, 0.2) is 0 Å². The quantitative estimate of drug-likeness (QED) is 0.651. The highest BCUT2D eigenvalue weighted by molar-refractivity contribution is 5.66.